The third-order valence-electron chi connectivity index (χ3n) is 0.270. The second-order valence-electron chi connectivity index (χ2n) is 0.666. The van der Waals surface area contributed by atoms with Crippen molar-refractivity contribution in [2.24, 2.45) is 0 Å². The van der Waals surface area contributed by atoms with Gasteiger partial charge in [-0.3, -0.25) is 0 Å². The third-order valence-corrected chi connectivity index (χ3v) is 2.11. The third kappa shape index (κ3) is 6.58. The molecule has 0 aliphatic heterocycles. The molecule has 0 fully saturated rings. The van der Waals surface area contributed by atoms with Crippen LogP contribution in [0.3, 0.4) is 0 Å². The van der Waals surface area contributed by atoms with Crippen LogP contribution in [0.25, 0.3) is 0 Å². The fraction of sp³-hybridized carbons (Fsp3) is 0.200. The number of hydrogen-bond acceptors (Lipinski definition) is 0. The molecule has 0 rings (SSSR count). The van der Waals surface area contributed by atoms with Crippen LogP contribution in [0.1, 0.15) is 6.92 Å². The first-order valence-electron chi connectivity index (χ1n) is 1.58. The van der Waals surface area contributed by atoms with Crippen LogP contribution >= 0.6 is 18.6 Å². The maximum atomic E-state index is 2.92. The van der Waals surface area contributed by atoms with Gasteiger partial charge in [0.25, 0.3) is 0 Å². The van der Waals surface area contributed by atoms with Crippen LogP contribution in [0, 0.1) is 21.7 Å². The van der Waals surface area contributed by atoms with Crippen molar-refractivity contribution < 1.29 is 17.2 Å². The van der Waals surface area contributed by atoms with Crippen LogP contribution < -0.4 is 17.2 Å². The predicted molar refractivity (Wildman–Crippen MR) is 35.2 cm³/mol. The van der Waals surface area contributed by atoms with E-state index in [0.717, 1.165) is 0 Å². The summed E-state index contributed by atoms with van der Waals surface area (Å²) in [6.07, 6.45) is 0. The van der Waals surface area contributed by atoms with E-state index in [4.69, 9.17) is 0 Å². The zero-order valence-corrected chi connectivity index (χ0v) is 8.07. The summed E-state index contributed by atoms with van der Waals surface area (Å²) >= 11 is 2.40. The molecule has 0 amide bonds. The Morgan fingerprint density at radius 3 is 2.57 bits per heavy atom. The van der Waals surface area contributed by atoms with E-state index < -0.39 is 0 Å². The Hall–Kier alpha value is 0.580. The zero-order chi connectivity index (χ0) is 5.54. The summed E-state index contributed by atoms with van der Waals surface area (Å²) in [5.74, 6) is 8.07. The first kappa shape index (κ1) is 7.58. The minimum absolute atomic E-state index is 0.101. The van der Waals surface area contributed by atoms with Crippen LogP contribution in [-0.2, 0) is 0 Å². The Labute approximate surface area is 63.9 Å². The summed E-state index contributed by atoms with van der Waals surface area (Å²) in [5.41, 5.74) is 0. The quantitative estimate of drug-likeness (QED) is 0.373. The summed E-state index contributed by atoms with van der Waals surface area (Å²) < 4.78 is 2.92. The average molecular weight is 317 g/mol. The van der Waals surface area contributed by atoms with E-state index in [9.17, 15) is 0 Å². The Morgan fingerprint density at radius 2 is 2.14 bits per heavy atom. The van der Waals surface area contributed by atoms with Crippen molar-refractivity contribution in [3.8, 4) is 21.7 Å². The van der Waals surface area contributed by atoms with Crippen molar-refractivity contribution in [3.05, 3.63) is 0 Å². The Kier molecular flexibility index (Phi) is 7.13. The van der Waals surface area contributed by atoms with Gasteiger partial charge >= 0.3 is 64.5 Å². The summed E-state index contributed by atoms with van der Waals surface area (Å²) in [6, 6.07) is 0. The van der Waals surface area contributed by atoms with Gasteiger partial charge in [0.1, 0.15) is 0 Å². The molecule has 0 aromatic carbocycles. The van der Waals surface area contributed by atoms with Crippen molar-refractivity contribution in [2.75, 3.05) is 0 Å². The minimum atomic E-state index is 0.101. The van der Waals surface area contributed by atoms with Gasteiger partial charge in [0.15, 0.2) is 0 Å². The molecule has 0 saturated heterocycles. The van der Waals surface area contributed by atoms with Gasteiger partial charge < -0.3 is 0 Å². The molecular formula is C5H3I2-. The normalized spacial score (nSPS) is 5.43. The molecule has 0 heterocycles. The van der Waals surface area contributed by atoms with Gasteiger partial charge in [-0.1, -0.05) is 0 Å². The maximum absolute atomic E-state index is 2.92. The second kappa shape index (κ2) is 6.58. The van der Waals surface area contributed by atoms with E-state index in [1.54, 1.807) is 6.92 Å². The molecule has 0 bridgehead atoms. The molecule has 38 valence electrons. The molecule has 0 radical (unpaired) electrons. The summed E-state index contributed by atoms with van der Waals surface area (Å²) in [5, 5.41) is 0. The van der Waals surface area contributed by atoms with E-state index in [2.05, 4.69) is 40.3 Å². The monoisotopic (exact) mass is 317 g/mol. The average Bonchev–Trinajstić information content (AvgIpc) is 1.69. The molecule has 0 saturated carbocycles. The van der Waals surface area contributed by atoms with Gasteiger partial charge in [0.2, 0.25) is 0 Å². The molecule has 2 heteroatoms. The van der Waals surface area contributed by atoms with Gasteiger partial charge in [-0.25, -0.2) is 0 Å². The zero-order valence-electron chi connectivity index (χ0n) is 3.76. The van der Waals surface area contributed by atoms with Crippen LogP contribution in [0.15, 0.2) is 0 Å². The fourth-order valence-corrected chi connectivity index (χ4v) is 1.02. The van der Waals surface area contributed by atoms with Gasteiger partial charge in [-0.15, -0.1) is 0 Å². The van der Waals surface area contributed by atoms with Crippen LogP contribution in [0.4, 0.5) is 0 Å². The number of hydrogen-bond donors (Lipinski definition) is 0. The van der Waals surface area contributed by atoms with Crippen molar-refractivity contribution in [2.45, 2.75) is 6.92 Å². The van der Waals surface area contributed by atoms with Crippen molar-refractivity contribution in [1.29, 1.82) is 0 Å². The van der Waals surface area contributed by atoms with Crippen LogP contribution in [-0.4, -0.2) is 0 Å². The molecule has 0 nitrogen and oxygen atoms in total. The predicted octanol–water partition coefficient (Wildman–Crippen LogP) is -1.59. The molecular weight excluding hydrogens is 314 g/mol. The van der Waals surface area contributed by atoms with Gasteiger partial charge in [-0.05, 0) is 0 Å². The van der Waals surface area contributed by atoms with Crippen LogP contribution in [0.5, 0.6) is 0 Å². The van der Waals surface area contributed by atoms with Crippen LogP contribution in [0.2, 0.25) is 0 Å². The van der Waals surface area contributed by atoms with E-state index in [0.29, 0.717) is 0 Å². The van der Waals surface area contributed by atoms with E-state index in [-0.39, 0.29) is 17.2 Å². The summed E-state index contributed by atoms with van der Waals surface area (Å²) in [7, 11) is 0. The summed E-state index contributed by atoms with van der Waals surface area (Å²) in [6.45, 7) is 1.79. The molecule has 7 heavy (non-hydrogen) atoms. The Morgan fingerprint density at radius 1 is 1.43 bits per heavy atom. The van der Waals surface area contributed by atoms with Gasteiger partial charge in [-0.2, -0.15) is 0 Å². The fourth-order valence-electron chi connectivity index (χ4n) is 0.104. The molecule has 0 aromatic heterocycles. The van der Waals surface area contributed by atoms with Gasteiger partial charge in [0, 0.05) is 0 Å². The molecule has 0 aromatic rings. The second-order valence-corrected chi connectivity index (χ2v) is 4.35. The first-order valence-corrected chi connectivity index (χ1v) is 8.95. The molecule has 0 unspecified atom stereocenters. The molecule has 0 aliphatic carbocycles. The Balaban J connectivity index is 3.39. The number of rotatable bonds is 0. The van der Waals surface area contributed by atoms with E-state index in [1.165, 1.54) is 0 Å². The van der Waals surface area contributed by atoms with E-state index in [1.807, 2.05) is 0 Å². The summed E-state index contributed by atoms with van der Waals surface area (Å²) in [4.78, 5) is 0. The van der Waals surface area contributed by atoms with Crippen molar-refractivity contribution in [1.82, 2.24) is 0 Å². The molecule has 0 aliphatic rings. The standard InChI is InChI=1S/C5H3I2/c1-2-3-4-5-7-6/h1H3/q-1. The molecule has 0 N–H and O–H groups in total. The first-order chi connectivity index (χ1) is 3.41. The SMILES string of the molecule is CC#CC#C[I-]I. The molecule has 0 spiro atoms. The Bertz CT molecular complexity index is 139. The molecule has 0 atom stereocenters. The number of halogens is 2. The van der Waals surface area contributed by atoms with Crippen molar-refractivity contribution in [3.63, 3.8) is 0 Å². The van der Waals surface area contributed by atoms with Crippen molar-refractivity contribution >= 4 is 18.6 Å². The van der Waals surface area contributed by atoms with Gasteiger partial charge in [0.05, 0.1) is 0 Å². The topological polar surface area (TPSA) is 0 Å². The van der Waals surface area contributed by atoms with E-state index >= 15 is 0 Å².